The van der Waals surface area contributed by atoms with Gasteiger partial charge in [0.05, 0.1) is 0 Å². The standard InChI is InChI=1S/C10H15N2O8P/c1-5-3-12(10(16)11-8(5)15)9-6(14)2-7(18-9)19-20-21(17)4-13/h3,6-7,9,13-14,17H,2,4H2,1H3,(H,11,15,16)/t6-,7+,9+,21?/m0/s1. The van der Waals surface area contributed by atoms with Crippen LogP contribution in [0.3, 0.4) is 0 Å². The molecule has 1 fully saturated rings. The van der Waals surface area contributed by atoms with Crippen LogP contribution in [0.15, 0.2) is 15.8 Å². The first kappa shape index (κ1) is 16.2. The highest BCUT2D eigenvalue weighted by Gasteiger charge is 2.37. The number of nitrogens with zero attached hydrogens (tertiary/aromatic N) is 1. The third kappa shape index (κ3) is 3.74. The largest absolute Gasteiger partial charge is 0.388 e. The second-order valence-corrected chi connectivity index (χ2v) is 5.54. The van der Waals surface area contributed by atoms with Gasteiger partial charge in [-0.3, -0.25) is 14.3 Å². The molecule has 10 nitrogen and oxygen atoms in total. The van der Waals surface area contributed by atoms with E-state index in [1.807, 2.05) is 0 Å². The summed E-state index contributed by atoms with van der Waals surface area (Å²) in [5.41, 5.74) is -0.963. The smallest absolute Gasteiger partial charge is 0.330 e. The molecule has 4 N–H and O–H groups in total. The number of aryl methyl sites for hydroxylation is 1. The molecule has 0 radical (unpaired) electrons. The average molecular weight is 322 g/mol. The zero-order valence-corrected chi connectivity index (χ0v) is 11.9. The van der Waals surface area contributed by atoms with Crippen molar-refractivity contribution in [1.29, 1.82) is 0 Å². The second kappa shape index (κ2) is 6.75. The summed E-state index contributed by atoms with van der Waals surface area (Å²) in [5.74, 6) is 0. The Bertz CT molecular complexity index is 601. The van der Waals surface area contributed by atoms with Gasteiger partial charge in [0.1, 0.15) is 12.5 Å². The number of rotatable bonds is 5. The van der Waals surface area contributed by atoms with Crippen LogP contribution in [0.25, 0.3) is 0 Å². The van der Waals surface area contributed by atoms with Gasteiger partial charge < -0.3 is 19.8 Å². The monoisotopic (exact) mass is 322 g/mol. The van der Waals surface area contributed by atoms with E-state index >= 15 is 0 Å². The van der Waals surface area contributed by atoms with E-state index in [1.54, 1.807) is 0 Å². The topological polar surface area (TPSA) is 143 Å². The summed E-state index contributed by atoms with van der Waals surface area (Å²) in [7, 11) is -2.14. The summed E-state index contributed by atoms with van der Waals surface area (Å²) in [5, 5.41) is 18.5. The van der Waals surface area contributed by atoms with Crippen LogP contribution >= 0.6 is 8.38 Å². The Hall–Kier alpha value is -1.13. The lowest BCUT2D eigenvalue weighted by molar-refractivity contribution is -0.318. The average Bonchev–Trinajstić information content (AvgIpc) is 2.81. The van der Waals surface area contributed by atoms with Crippen LogP contribution in [0.2, 0.25) is 0 Å². The number of ether oxygens (including phenoxy) is 1. The van der Waals surface area contributed by atoms with Gasteiger partial charge in [-0.05, 0) is 6.92 Å². The molecule has 0 spiro atoms. The molecule has 11 heteroatoms. The molecule has 1 unspecified atom stereocenters. The highest BCUT2D eigenvalue weighted by atomic mass is 31.2. The molecule has 118 valence electrons. The van der Waals surface area contributed by atoms with Gasteiger partial charge in [0.25, 0.3) is 5.56 Å². The number of aliphatic hydroxyl groups excluding tert-OH is 2. The van der Waals surface area contributed by atoms with Crippen LogP contribution in [-0.2, 0) is 14.3 Å². The molecular weight excluding hydrogens is 307 g/mol. The summed E-state index contributed by atoms with van der Waals surface area (Å²) >= 11 is 0. The quantitative estimate of drug-likeness (QED) is 0.296. The summed E-state index contributed by atoms with van der Waals surface area (Å²) in [6.45, 7) is 1.51. The van der Waals surface area contributed by atoms with Gasteiger partial charge in [-0.15, -0.1) is 0 Å². The zero-order valence-electron chi connectivity index (χ0n) is 11.0. The van der Waals surface area contributed by atoms with E-state index in [0.717, 1.165) is 4.57 Å². The van der Waals surface area contributed by atoms with Crippen LogP contribution in [0.5, 0.6) is 0 Å². The highest BCUT2D eigenvalue weighted by molar-refractivity contribution is 7.45. The Morgan fingerprint density at radius 1 is 1.57 bits per heavy atom. The van der Waals surface area contributed by atoms with E-state index in [4.69, 9.17) is 19.6 Å². The zero-order chi connectivity index (χ0) is 15.6. The molecule has 0 bridgehead atoms. The van der Waals surface area contributed by atoms with E-state index in [9.17, 15) is 14.7 Å². The van der Waals surface area contributed by atoms with E-state index in [0.29, 0.717) is 0 Å². The minimum atomic E-state index is -2.14. The third-order valence-corrected chi connectivity index (χ3v) is 3.33. The van der Waals surface area contributed by atoms with Crippen molar-refractivity contribution in [2.45, 2.75) is 32.0 Å². The maximum atomic E-state index is 11.7. The van der Waals surface area contributed by atoms with E-state index in [1.165, 1.54) is 13.1 Å². The molecule has 2 rings (SSSR count). The van der Waals surface area contributed by atoms with Gasteiger partial charge >= 0.3 is 5.69 Å². The third-order valence-electron chi connectivity index (χ3n) is 2.83. The molecule has 1 aromatic rings. The molecule has 0 aromatic carbocycles. The Morgan fingerprint density at radius 2 is 2.29 bits per heavy atom. The summed E-state index contributed by atoms with van der Waals surface area (Å²) in [4.78, 5) is 38.9. The maximum Gasteiger partial charge on any atom is 0.330 e. The van der Waals surface area contributed by atoms with Crippen molar-refractivity contribution in [3.8, 4) is 0 Å². The second-order valence-electron chi connectivity index (χ2n) is 4.40. The van der Waals surface area contributed by atoms with E-state index < -0.39 is 44.6 Å². The normalized spacial score (nSPS) is 27.0. The molecule has 1 aromatic heterocycles. The Labute approximate surface area is 119 Å². The molecule has 4 atom stereocenters. The molecule has 0 aliphatic carbocycles. The number of nitrogens with one attached hydrogen (secondary N) is 1. The predicted molar refractivity (Wildman–Crippen MR) is 69.0 cm³/mol. The first-order chi connectivity index (χ1) is 9.92. The van der Waals surface area contributed by atoms with Crippen LogP contribution in [0, 0.1) is 6.92 Å². The Balaban J connectivity index is 2.10. The molecule has 1 saturated heterocycles. The van der Waals surface area contributed by atoms with Crippen molar-refractivity contribution < 1.29 is 29.4 Å². The fourth-order valence-electron chi connectivity index (χ4n) is 1.82. The van der Waals surface area contributed by atoms with Crippen molar-refractivity contribution in [1.82, 2.24) is 9.55 Å². The number of hydrogen-bond donors (Lipinski definition) is 4. The van der Waals surface area contributed by atoms with Crippen molar-refractivity contribution >= 4 is 8.38 Å². The van der Waals surface area contributed by atoms with Crippen molar-refractivity contribution in [3.05, 3.63) is 32.6 Å². The highest BCUT2D eigenvalue weighted by Crippen LogP contribution is 2.34. The molecule has 1 aliphatic heterocycles. The van der Waals surface area contributed by atoms with Crippen molar-refractivity contribution in [2.75, 3.05) is 6.35 Å². The van der Waals surface area contributed by atoms with E-state index in [2.05, 4.69) is 9.66 Å². The molecule has 2 heterocycles. The molecule has 1 aliphatic rings. The van der Waals surface area contributed by atoms with Gasteiger partial charge in [-0.1, -0.05) is 0 Å². The number of aromatic amines is 1. The molecule has 0 saturated carbocycles. The number of aromatic nitrogens is 2. The first-order valence-corrected chi connectivity index (χ1v) is 7.38. The predicted octanol–water partition coefficient (Wildman–Crippen LogP) is -1.35. The number of H-pyrrole nitrogens is 1. The van der Waals surface area contributed by atoms with Gasteiger partial charge in [0, 0.05) is 18.2 Å². The minimum absolute atomic E-state index is 0.0100. The van der Waals surface area contributed by atoms with E-state index in [-0.39, 0.29) is 12.0 Å². The van der Waals surface area contributed by atoms with Gasteiger partial charge in [0.2, 0.25) is 8.38 Å². The molecule has 0 amide bonds. The Morgan fingerprint density at radius 3 is 2.95 bits per heavy atom. The van der Waals surface area contributed by atoms with Crippen molar-refractivity contribution in [2.24, 2.45) is 0 Å². The number of hydrogen-bond acceptors (Lipinski definition) is 8. The fourth-order valence-corrected chi connectivity index (χ4v) is 2.07. The fraction of sp³-hybridized carbons (Fsp3) is 0.600. The summed E-state index contributed by atoms with van der Waals surface area (Å²) in [6, 6.07) is 0. The lowest BCUT2D eigenvalue weighted by atomic mass is 10.2. The Kier molecular flexibility index (Phi) is 5.22. The summed E-state index contributed by atoms with van der Waals surface area (Å²) in [6.07, 6.45) is -2.49. The van der Waals surface area contributed by atoms with Crippen LogP contribution in [0.4, 0.5) is 0 Å². The number of aliphatic hydroxyl groups is 2. The SMILES string of the molecule is Cc1cn([C@@H]2O[C@H](OOP(O)CO)C[C@@H]2O)c(=O)[nH]c1=O. The maximum absolute atomic E-state index is 11.7. The van der Waals surface area contributed by atoms with Crippen LogP contribution < -0.4 is 11.2 Å². The molecular formula is C10H15N2O8P. The minimum Gasteiger partial charge on any atom is -0.388 e. The van der Waals surface area contributed by atoms with Crippen molar-refractivity contribution in [3.63, 3.8) is 0 Å². The lowest BCUT2D eigenvalue weighted by Gasteiger charge is -2.17. The molecule has 21 heavy (non-hydrogen) atoms. The van der Waals surface area contributed by atoms with Crippen LogP contribution in [-0.4, -0.2) is 43.4 Å². The lowest BCUT2D eigenvalue weighted by Crippen LogP contribution is -2.36. The van der Waals surface area contributed by atoms with Crippen LogP contribution in [0.1, 0.15) is 18.2 Å². The first-order valence-electron chi connectivity index (χ1n) is 5.98. The van der Waals surface area contributed by atoms with Gasteiger partial charge in [0.15, 0.2) is 12.5 Å². The van der Waals surface area contributed by atoms with Gasteiger partial charge in [-0.2, -0.15) is 9.56 Å². The van der Waals surface area contributed by atoms with Gasteiger partial charge in [-0.25, -0.2) is 4.79 Å². The summed E-state index contributed by atoms with van der Waals surface area (Å²) < 4.78 is 10.8.